The van der Waals surface area contributed by atoms with Crippen LogP contribution in [0.15, 0.2) is 22.7 Å². The van der Waals surface area contributed by atoms with E-state index in [2.05, 4.69) is 43.8 Å². The molecule has 1 aromatic rings. The fraction of sp³-hybridized carbons (Fsp3) is 0.500. The molecule has 0 amide bonds. The Morgan fingerprint density at radius 2 is 2.06 bits per heavy atom. The van der Waals surface area contributed by atoms with Crippen LogP contribution in [-0.4, -0.2) is 11.0 Å². The van der Waals surface area contributed by atoms with Gasteiger partial charge in [0.25, 0.3) is 0 Å². The van der Waals surface area contributed by atoms with Crippen LogP contribution in [0.2, 0.25) is 0 Å². The first-order valence-corrected chi connectivity index (χ1v) is 7.76. The maximum absolute atomic E-state index is 12.8. The minimum absolute atomic E-state index is 0.197. The maximum Gasteiger partial charge on any atom is 0.124 e. The molecule has 0 radical (unpaired) electrons. The third-order valence-corrected chi connectivity index (χ3v) is 3.82. The largest absolute Gasteiger partial charge is 0.313 e. The van der Waals surface area contributed by atoms with Crippen molar-refractivity contribution in [3.05, 3.63) is 34.1 Å². The van der Waals surface area contributed by atoms with E-state index in [0.29, 0.717) is 0 Å². The summed E-state index contributed by atoms with van der Waals surface area (Å²) in [6.45, 7) is 1.82. The van der Waals surface area contributed by atoms with Crippen molar-refractivity contribution in [1.29, 1.82) is 0 Å². The zero-order valence-corrected chi connectivity index (χ0v) is 12.9. The third-order valence-electron chi connectivity index (χ3n) is 2.32. The van der Waals surface area contributed by atoms with Crippen molar-refractivity contribution in [2.75, 3.05) is 11.0 Å². The number of alkyl halides is 1. The van der Waals surface area contributed by atoms with Crippen LogP contribution in [0.1, 0.15) is 24.8 Å². The van der Waals surface area contributed by atoms with Crippen LogP contribution in [0.4, 0.5) is 4.39 Å². The molecule has 0 atom stereocenters. The zero-order chi connectivity index (χ0) is 11.8. The molecule has 1 aromatic carbocycles. The van der Waals surface area contributed by atoms with Crippen molar-refractivity contribution in [3.63, 3.8) is 0 Å². The first kappa shape index (κ1) is 14.4. The monoisotopic (exact) mass is 399 g/mol. The van der Waals surface area contributed by atoms with Gasteiger partial charge in [-0.25, -0.2) is 4.39 Å². The second kappa shape index (κ2) is 8.42. The Kier molecular flexibility index (Phi) is 7.56. The lowest BCUT2D eigenvalue weighted by Gasteiger charge is -2.06. The summed E-state index contributed by atoms with van der Waals surface area (Å²) >= 11 is 5.76. The van der Waals surface area contributed by atoms with E-state index in [-0.39, 0.29) is 5.82 Å². The van der Waals surface area contributed by atoms with Gasteiger partial charge in [0.05, 0.1) is 0 Å². The molecular formula is C12H16BrFIN. The molecule has 1 nitrogen and oxygen atoms in total. The van der Waals surface area contributed by atoms with E-state index in [9.17, 15) is 4.39 Å². The normalized spacial score (nSPS) is 10.7. The average molecular weight is 400 g/mol. The van der Waals surface area contributed by atoms with E-state index in [0.717, 1.165) is 23.1 Å². The highest BCUT2D eigenvalue weighted by molar-refractivity contribution is 14.1. The lowest BCUT2D eigenvalue weighted by Crippen LogP contribution is -2.15. The summed E-state index contributed by atoms with van der Waals surface area (Å²) in [6, 6.07) is 4.82. The van der Waals surface area contributed by atoms with Crippen LogP contribution in [-0.2, 0) is 6.54 Å². The van der Waals surface area contributed by atoms with E-state index in [1.807, 2.05) is 6.07 Å². The molecule has 0 spiro atoms. The maximum atomic E-state index is 12.8. The second-order valence-corrected chi connectivity index (χ2v) is 5.60. The van der Waals surface area contributed by atoms with Crippen LogP contribution in [0.5, 0.6) is 0 Å². The van der Waals surface area contributed by atoms with E-state index >= 15 is 0 Å². The molecule has 1 rings (SSSR count). The van der Waals surface area contributed by atoms with E-state index in [4.69, 9.17) is 0 Å². The number of benzene rings is 1. The summed E-state index contributed by atoms with van der Waals surface area (Å²) in [5, 5.41) is 3.37. The lowest BCUT2D eigenvalue weighted by atomic mass is 10.2. The third kappa shape index (κ3) is 5.59. The van der Waals surface area contributed by atoms with Crippen LogP contribution in [0.25, 0.3) is 0 Å². The van der Waals surface area contributed by atoms with E-state index in [1.54, 1.807) is 0 Å². The summed E-state index contributed by atoms with van der Waals surface area (Å²) < 4.78 is 14.9. The van der Waals surface area contributed by atoms with Crippen LogP contribution in [0.3, 0.4) is 0 Å². The van der Waals surface area contributed by atoms with Gasteiger partial charge in [0.1, 0.15) is 5.82 Å². The molecule has 0 aliphatic heterocycles. The molecule has 0 aromatic heterocycles. The van der Waals surface area contributed by atoms with Gasteiger partial charge in [0.15, 0.2) is 0 Å². The molecule has 90 valence electrons. The number of rotatable bonds is 7. The molecule has 0 saturated heterocycles. The number of nitrogens with one attached hydrogen (secondary N) is 1. The van der Waals surface area contributed by atoms with E-state index in [1.165, 1.54) is 35.8 Å². The van der Waals surface area contributed by atoms with Crippen molar-refractivity contribution in [2.45, 2.75) is 25.8 Å². The van der Waals surface area contributed by atoms with Crippen molar-refractivity contribution in [3.8, 4) is 0 Å². The lowest BCUT2D eigenvalue weighted by molar-refractivity contribution is 0.611. The Bertz CT molecular complexity index is 320. The molecule has 0 fully saturated rings. The van der Waals surface area contributed by atoms with Gasteiger partial charge in [0, 0.05) is 11.0 Å². The smallest absolute Gasteiger partial charge is 0.124 e. The molecular weight excluding hydrogens is 384 g/mol. The minimum Gasteiger partial charge on any atom is -0.313 e. The summed E-state index contributed by atoms with van der Waals surface area (Å²) in [6.07, 6.45) is 3.78. The first-order chi connectivity index (χ1) is 7.74. The van der Waals surface area contributed by atoms with Gasteiger partial charge >= 0.3 is 0 Å². The highest BCUT2D eigenvalue weighted by Gasteiger charge is 2.00. The molecule has 16 heavy (non-hydrogen) atoms. The number of hydrogen-bond acceptors (Lipinski definition) is 1. The predicted molar refractivity (Wildman–Crippen MR) is 78.5 cm³/mol. The van der Waals surface area contributed by atoms with Gasteiger partial charge in [0.2, 0.25) is 0 Å². The average Bonchev–Trinajstić information content (AvgIpc) is 2.26. The first-order valence-electron chi connectivity index (χ1n) is 5.44. The van der Waals surface area contributed by atoms with Crippen molar-refractivity contribution in [1.82, 2.24) is 5.32 Å². The molecule has 1 N–H and O–H groups in total. The van der Waals surface area contributed by atoms with Crippen molar-refractivity contribution in [2.24, 2.45) is 0 Å². The van der Waals surface area contributed by atoms with Gasteiger partial charge in [-0.15, -0.1) is 0 Å². The highest BCUT2D eigenvalue weighted by Crippen LogP contribution is 2.17. The summed E-state index contributed by atoms with van der Waals surface area (Å²) in [5.41, 5.74) is 1.11. The summed E-state index contributed by atoms with van der Waals surface area (Å²) in [4.78, 5) is 0. The Morgan fingerprint density at radius 3 is 2.75 bits per heavy atom. The van der Waals surface area contributed by atoms with Crippen LogP contribution in [0, 0.1) is 5.82 Å². The Morgan fingerprint density at radius 1 is 1.25 bits per heavy atom. The number of hydrogen-bond donors (Lipinski definition) is 1. The standard InChI is InChI=1S/C12H16BrFIN/c13-12-8-11(14)5-4-10(12)9-16-7-3-1-2-6-15/h4-5,8,16H,1-3,6-7,9H2. The molecule has 0 bridgehead atoms. The molecule has 0 unspecified atom stereocenters. The van der Waals surface area contributed by atoms with Gasteiger partial charge in [-0.05, 0) is 41.5 Å². The Hall–Kier alpha value is 0.320. The SMILES string of the molecule is Fc1ccc(CNCCCCCI)c(Br)c1. The fourth-order valence-corrected chi connectivity index (χ4v) is 2.44. The second-order valence-electron chi connectivity index (χ2n) is 3.66. The molecule has 0 aliphatic rings. The zero-order valence-electron chi connectivity index (χ0n) is 9.11. The Balaban J connectivity index is 2.21. The fourth-order valence-electron chi connectivity index (χ4n) is 1.41. The van der Waals surface area contributed by atoms with Crippen molar-refractivity contribution < 1.29 is 4.39 Å². The predicted octanol–water partition coefficient (Wildman–Crippen LogP) is 4.28. The number of halogens is 3. The van der Waals surface area contributed by atoms with E-state index < -0.39 is 0 Å². The van der Waals surface area contributed by atoms with Gasteiger partial charge in [-0.2, -0.15) is 0 Å². The molecule has 0 aliphatic carbocycles. The van der Waals surface area contributed by atoms with Crippen molar-refractivity contribution >= 4 is 38.5 Å². The Labute approximate surface area is 118 Å². The molecule has 4 heteroatoms. The molecule has 0 saturated carbocycles. The summed E-state index contributed by atoms with van der Waals surface area (Å²) in [5.74, 6) is -0.197. The van der Waals surface area contributed by atoms with Gasteiger partial charge in [-0.1, -0.05) is 51.0 Å². The highest BCUT2D eigenvalue weighted by atomic mass is 127. The van der Waals surface area contributed by atoms with Crippen LogP contribution < -0.4 is 5.32 Å². The van der Waals surface area contributed by atoms with Gasteiger partial charge in [-0.3, -0.25) is 0 Å². The number of unbranched alkanes of at least 4 members (excludes halogenated alkanes) is 2. The topological polar surface area (TPSA) is 12.0 Å². The van der Waals surface area contributed by atoms with Gasteiger partial charge < -0.3 is 5.32 Å². The quantitative estimate of drug-likeness (QED) is 0.410. The minimum atomic E-state index is -0.197. The summed E-state index contributed by atoms with van der Waals surface area (Å²) in [7, 11) is 0. The van der Waals surface area contributed by atoms with Crippen LogP contribution >= 0.6 is 38.5 Å². The molecule has 0 heterocycles.